The Labute approximate surface area is 105 Å². The van der Waals surface area contributed by atoms with E-state index >= 15 is 0 Å². The van der Waals surface area contributed by atoms with E-state index in [1.807, 2.05) is 19.2 Å². The van der Waals surface area contributed by atoms with Crippen molar-refractivity contribution < 1.29 is 9.53 Å². The van der Waals surface area contributed by atoms with Crippen molar-refractivity contribution in [3.05, 3.63) is 30.4 Å². The Hall–Kier alpha value is -2.24. The summed E-state index contributed by atoms with van der Waals surface area (Å²) in [4.78, 5) is 19.5. The van der Waals surface area contributed by atoms with Crippen LogP contribution >= 0.6 is 0 Å². The first-order valence-electron chi connectivity index (χ1n) is 5.58. The molecular weight excluding hydrogens is 232 g/mol. The molecule has 0 aliphatic carbocycles. The van der Waals surface area contributed by atoms with E-state index in [1.165, 1.54) is 7.11 Å². The van der Waals surface area contributed by atoms with Gasteiger partial charge in [0, 0.05) is 31.4 Å². The number of rotatable bonds is 4. The average Bonchev–Trinajstić information content (AvgIpc) is 2.78. The van der Waals surface area contributed by atoms with Crippen LogP contribution < -0.4 is 0 Å². The molecule has 0 N–H and O–H groups in total. The zero-order valence-electron chi connectivity index (χ0n) is 10.3. The zero-order valence-corrected chi connectivity index (χ0v) is 10.3. The number of aryl methyl sites for hydroxylation is 2. The molecule has 0 saturated heterocycles. The lowest BCUT2D eigenvalue weighted by Gasteiger charge is -1.97. The van der Waals surface area contributed by atoms with Crippen molar-refractivity contribution in [2.75, 3.05) is 7.11 Å². The van der Waals surface area contributed by atoms with Gasteiger partial charge in [-0.2, -0.15) is 5.10 Å². The fourth-order valence-electron chi connectivity index (χ4n) is 1.61. The van der Waals surface area contributed by atoms with E-state index in [-0.39, 0.29) is 12.4 Å². The van der Waals surface area contributed by atoms with Gasteiger partial charge in [-0.15, -0.1) is 0 Å². The van der Waals surface area contributed by atoms with Crippen LogP contribution in [0.5, 0.6) is 0 Å². The van der Waals surface area contributed by atoms with Gasteiger partial charge >= 0.3 is 5.97 Å². The fourth-order valence-corrected chi connectivity index (χ4v) is 1.61. The van der Waals surface area contributed by atoms with Crippen molar-refractivity contribution in [3.63, 3.8) is 0 Å². The molecule has 6 nitrogen and oxygen atoms in total. The largest absolute Gasteiger partial charge is 0.469 e. The lowest BCUT2D eigenvalue weighted by atomic mass is 10.2. The monoisotopic (exact) mass is 246 g/mol. The summed E-state index contributed by atoms with van der Waals surface area (Å²) in [5.74, 6) is 1.11. The first-order valence-corrected chi connectivity index (χ1v) is 5.58. The highest BCUT2D eigenvalue weighted by Crippen LogP contribution is 2.15. The van der Waals surface area contributed by atoms with Crippen LogP contribution in [0.2, 0.25) is 0 Å². The molecule has 2 heterocycles. The van der Waals surface area contributed by atoms with Gasteiger partial charge in [-0.25, -0.2) is 9.67 Å². The van der Waals surface area contributed by atoms with Crippen LogP contribution in [0.4, 0.5) is 0 Å². The highest BCUT2D eigenvalue weighted by Gasteiger charge is 2.11. The maximum absolute atomic E-state index is 11.1. The number of esters is 1. The van der Waals surface area contributed by atoms with Crippen molar-refractivity contribution in [3.8, 4) is 11.4 Å². The molecule has 0 saturated carbocycles. The Morgan fingerprint density at radius 2 is 2.33 bits per heavy atom. The van der Waals surface area contributed by atoms with E-state index in [0.29, 0.717) is 12.2 Å². The quantitative estimate of drug-likeness (QED) is 0.752. The van der Waals surface area contributed by atoms with Gasteiger partial charge < -0.3 is 4.74 Å². The van der Waals surface area contributed by atoms with Gasteiger partial charge in [0.05, 0.1) is 13.5 Å². The molecule has 0 fully saturated rings. The molecule has 0 unspecified atom stereocenters. The van der Waals surface area contributed by atoms with E-state index in [0.717, 1.165) is 11.4 Å². The SMILES string of the molecule is COC(=O)CCc1nc(-c2cccnc2)n(C)n1. The second-order valence-corrected chi connectivity index (χ2v) is 3.79. The van der Waals surface area contributed by atoms with Crippen LogP contribution in [0.3, 0.4) is 0 Å². The van der Waals surface area contributed by atoms with Crippen LogP contribution in [0.25, 0.3) is 11.4 Å². The second-order valence-electron chi connectivity index (χ2n) is 3.79. The molecule has 0 atom stereocenters. The van der Waals surface area contributed by atoms with Gasteiger partial charge in [0.2, 0.25) is 0 Å². The van der Waals surface area contributed by atoms with Crippen molar-refractivity contribution in [1.29, 1.82) is 0 Å². The number of nitrogens with zero attached hydrogens (tertiary/aromatic N) is 4. The van der Waals surface area contributed by atoms with Gasteiger partial charge in [-0.1, -0.05) is 0 Å². The predicted molar refractivity (Wildman–Crippen MR) is 64.6 cm³/mol. The van der Waals surface area contributed by atoms with Crippen LogP contribution in [-0.4, -0.2) is 32.8 Å². The van der Waals surface area contributed by atoms with Gasteiger partial charge in [0.1, 0.15) is 0 Å². The highest BCUT2D eigenvalue weighted by atomic mass is 16.5. The molecule has 0 aliphatic rings. The number of carbonyl (C=O) groups is 1. The standard InChI is InChI=1S/C12H14N4O2/c1-16-12(9-4-3-7-13-8-9)14-10(15-16)5-6-11(17)18-2/h3-4,7-8H,5-6H2,1-2H3. The molecule has 0 amide bonds. The Balaban J connectivity index is 2.15. The van der Waals surface area contributed by atoms with Gasteiger partial charge in [-0.05, 0) is 12.1 Å². The first-order chi connectivity index (χ1) is 8.70. The predicted octanol–water partition coefficient (Wildman–Crippen LogP) is 0.983. The minimum Gasteiger partial charge on any atom is -0.469 e. The second kappa shape index (κ2) is 5.39. The molecule has 0 spiro atoms. The number of hydrogen-bond acceptors (Lipinski definition) is 5. The molecule has 2 aromatic rings. The van der Waals surface area contributed by atoms with Crippen LogP contribution in [0.1, 0.15) is 12.2 Å². The number of pyridine rings is 1. The molecule has 0 aliphatic heterocycles. The Bertz CT molecular complexity index is 536. The Morgan fingerprint density at radius 3 is 3.00 bits per heavy atom. The normalized spacial score (nSPS) is 10.3. The topological polar surface area (TPSA) is 69.9 Å². The Morgan fingerprint density at radius 1 is 1.50 bits per heavy atom. The average molecular weight is 246 g/mol. The number of methoxy groups -OCH3 is 1. The number of aromatic nitrogens is 4. The van der Waals surface area contributed by atoms with E-state index < -0.39 is 0 Å². The maximum atomic E-state index is 11.1. The van der Waals surface area contributed by atoms with Crippen LogP contribution in [-0.2, 0) is 23.0 Å². The molecular formula is C12H14N4O2. The minimum absolute atomic E-state index is 0.259. The third-order valence-electron chi connectivity index (χ3n) is 2.51. The third kappa shape index (κ3) is 2.71. The molecule has 0 bridgehead atoms. The molecule has 18 heavy (non-hydrogen) atoms. The Kier molecular flexibility index (Phi) is 3.66. The van der Waals surface area contributed by atoms with Crippen molar-refractivity contribution in [2.24, 2.45) is 7.05 Å². The van der Waals surface area contributed by atoms with E-state index in [4.69, 9.17) is 0 Å². The smallest absolute Gasteiger partial charge is 0.305 e. The summed E-state index contributed by atoms with van der Waals surface area (Å²) in [5, 5.41) is 4.26. The summed E-state index contributed by atoms with van der Waals surface area (Å²) in [5.41, 5.74) is 0.900. The molecule has 94 valence electrons. The summed E-state index contributed by atoms with van der Waals surface area (Å²) < 4.78 is 6.27. The molecule has 6 heteroatoms. The summed E-state index contributed by atoms with van der Waals surface area (Å²) in [7, 11) is 3.19. The van der Waals surface area contributed by atoms with E-state index in [1.54, 1.807) is 17.1 Å². The highest BCUT2D eigenvalue weighted by molar-refractivity contribution is 5.69. The molecule has 0 aromatic carbocycles. The van der Waals surface area contributed by atoms with E-state index in [2.05, 4.69) is 19.8 Å². The summed E-state index contributed by atoms with van der Waals surface area (Å²) >= 11 is 0. The molecule has 0 radical (unpaired) electrons. The third-order valence-corrected chi connectivity index (χ3v) is 2.51. The summed E-state index contributed by atoms with van der Waals surface area (Å²) in [6.07, 6.45) is 4.19. The van der Waals surface area contributed by atoms with Gasteiger partial charge in [-0.3, -0.25) is 9.78 Å². The maximum Gasteiger partial charge on any atom is 0.305 e. The molecule has 2 aromatic heterocycles. The molecule has 2 rings (SSSR count). The zero-order chi connectivity index (χ0) is 13.0. The van der Waals surface area contributed by atoms with Crippen molar-refractivity contribution in [2.45, 2.75) is 12.8 Å². The van der Waals surface area contributed by atoms with Crippen LogP contribution in [0, 0.1) is 0 Å². The lowest BCUT2D eigenvalue weighted by molar-refractivity contribution is -0.140. The fraction of sp³-hybridized carbons (Fsp3) is 0.333. The summed E-state index contributed by atoms with van der Waals surface area (Å²) in [6, 6.07) is 3.76. The van der Waals surface area contributed by atoms with Gasteiger partial charge in [0.15, 0.2) is 11.6 Å². The number of hydrogen-bond donors (Lipinski definition) is 0. The van der Waals surface area contributed by atoms with Crippen LogP contribution in [0.15, 0.2) is 24.5 Å². The first kappa shape index (κ1) is 12.2. The minimum atomic E-state index is -0.259. The van der Waals surface area contributed by atoms with Crippen molar-refractivity contribution >= 4 is 5.97 Å². The summed E-state index contributed by atoms with van der Waals surface area (Å²) in [6.45, 7) is 0. The number of carbonyl (C=O) groups excluding carboxylic acids is 1. The number of ether oxygens (including phenoxy) is 1. The van der Waals surface area contributed by atoms with E-state index in [9.17, 15) is 4.79 Å². The van der Waals surface area contributed by atoms with Crippen molar-refractivity contribution in [1.82, 2.24) is 19.7 Å². The van der Waals surface area contributed by atoms with Gasteiger partial charge in [0.25, 0.3) is 0 Å². The lowest BCUT2D eigenvalue weighted by Crippen LogP contribution is -2.03.